The molecule has 2 aromatic carbocycles. The van der Waals surface area contributed by atoms with Gasteiger partial charge in [-0.05, 0) is 68.5 Å². The van der Waals surface area contributed by atoms with Gasteiger partial charge >= 0.3 is 0 Å². The SMILES string of the molecule is COCCN1CCN(C(=O)c2[nH]c3ccccc3c2CN2CCC(c3c(C)cccc3C)CC2)CC1. The lowest BCUT2D eigenvalue weighted by Gasteiger charge is -2.35. The number of methoxy groups -OCH3 is 1. The zero-order valence-corrected chi connectivity index (χ0v) is 22.1. The van der Waals surface area contributed by atoms with Gasteiger partial charge in [0, 0.05) is 62.8 Å². The van der Waals surface area contributed by atoms with Crippen molar-refractivity contribution in [1.29, 1.82) is 0 Å². The van der Waals surface area contributed by atoms with Gasteiger partial charge in [0.1, 0.15) is 5.69 Å². The molecule has 36 heavy (non-hydrogen) atoms. The van der Waals surface area contributed by atoms with Gasteiger partial charge in [-0.2, -0.15) is 0 Å². The van der Waals surface area contributed by atoms with Crippen molar-refractivity contribution in [2.75, 3.05) is 59.5 Å². The summed E-state index contributed by atoms with van der Waals surface area (Å²) in [5.74, 6) is 0.763. The topological polar surface area (TPSA) is 51.8 Å². The number of piperidine rings is 1. The second kappa shape index (κ2) is 11.2. The Hall–Kier alpha value is -2.67. The summed E-state index contributed by atoms with van der Waals surface area (Å²) >= 11 is 0. The molecule has 0 atom stereocenters. The van der Waals surface area contributed by atoms with Gasteiger partial charge in [0.2, 0.25) is 0 Å². The number of fused-ring (bicyclic) bond motifs is 1. The van der Waals surface area contributed by atoms with E-state index in [1.165, 1.54) is 29.4 Å². The van der Waals surface area contributed by atoms with Crippen LogP contribution in [-0.4, -0.2) is 85.1 Å². The number of piperazine rings is 1. The lowest BCUT2D eigenvalue weighted by atomic mass is 9.84. The third-order valence-corrected chi connectivity index (χ3v) is 8.22. The van der Waals surface area contributed by atoms with E-state index in [-0.39, 0.29) is 5.91 Å². The molecule has 2 aliphatic heterocycles. The molecule has 2 saturated heterocycles. The Morgan fingerprint density at radius 1 is 0.917 bits per heavy atom. The number of aryl methyl sites for hydroxylation is 2. The summed E-state index contributed by atoms with van der Waals surface area (Å²) in [6, 6.07) is 15.0. The third kappa shape index (κ3) is 5.22. The Kier molecular flexibility index (Phi) is 7.75. The highest BCUT2D eigenvalue weighted by Gasteiger charge is 2.28. The first kappa shape index (κ1) is 25.0. The van der Waals surface area contributed by atoms with Crippen molar-refractivity contribution in [3.8, 4) is 0 Å². The van der Waals surface area contributed by atoms with Crippen LogP contribution >= 0.6 is 0 Å². The lowest BCUT2D eigenvalue weighted by molar-refractivity contribution is 0.0587. The molecule has 0 bridgehead atoms. The van der Waals surface area contributed by atoms with E-state index in [9.17, 15) is 4.79 Å². The maximum Gasteiger partial charge on any atom is 0.270 e. The van der Waals surface area contributed by atoms with Gasteiger partial charge in [0.25, 0.3) is 5.91 Å². The summed E-state index contributed by atoms with van der Waals surface area (Å²) in [5, 5.41) is 1.18. The van der Waals surface area contributed by atoms with Crippen LogP contribution in [0.1, 0.15) is 51.5 Å². The Balaban J connectivity index is 1.30. The summed E-state index contributed by atoms with van der Waals surface area (Å²) in [5.41, 5.74) is 7.37. The van der Waals surface area contributed by atoms with Crippen molar-refractivity contribution >= 4 is 16.8 Å². The normalized spacial score (nSPS) is 18.2. The number of aromatic nitrogens is 1. The molecule has 1 aromatic heterocycles. The molecule has 0 saturated carbocycles. The minimum absolute atomic E-state index is 0.137. The number of H-pyrrole nitrogens is 1. The maximum atomic E-state index is 13.7. The highest BCUT2D eigenvalue weighted by Crippen LogP contribution is 2.34. The van der Waals surface area contributed by atoms with Gasteiger partial charge in [0.15, 0.2) is 0 Å². The standard InChI is InChI=1S/C30H40N4O2/c1-22-7-6-8-23(2)28(22)24-11-13-33(14-12-24)21-26-25-9-4-5-10-27(25)31-29(26)30(35)34-17-15-32(16-18-34)19-20-36-3/h4-10,24,31H,11-21H2,1-3H3. The Morgan fingerprint density at radius 2 is 1.61 bits per heavy atom. The molecule has 192 valence electrons. The number of nitrogens with zero attached hydrogens (tertiary/aromatic N) is 3. The van der Waals surface area contributed by atoms with E-state index in [1.807, 2.05) is 11.0 Å². The van der Waals surface area contributed by atoms with Crippen molar-refractivity contribution in [2.24, 2.45) is 0 Å². The van der Waals surface area contributed by atoms with Crippen LogP contribution in [0.2, 0.25) is 0 Å². The molecular weight excluding hydrogens is 448 g/mol. The number of rotatable bonds is 7. The van der Waals surface area contributed by atoms with Crippen LogP contribution < -0.4 is 0 Å². The average molecular weight is 489 g/mol. The third-order valence-electron chi connectivity index (χ3n) is 8.22. The highest BCUT2D eigenvalue weighted by molar-refractivity contribution is 6.01. The van der Waals surface area contributed by atoms with E-state index >= 15 is 0 Å². The average Bonchev–Trinajstić information content (AvgIpc) is 3.26. The second-order valence-corrected chi connectivity index (χ2v) is 10.5. The fourth-order valence-corrected chi connectivity index (χ4v) is 6.17. The number of hydrogen-bond acceptors (Lipinski definition) is 4. The van der Waals surface area contributed by atoms with E-state index < -0.39 is 0 Å². The minimum atomic E-state index is 0.137. The Labute approximate surface area is 215 Å². The summed E-state index contributed by atoms with van der Waals surface area (Å²) < 4.78 is 5.22. The first-order valence-electron chi connectivity index (χ1n) is 13.4. The predicted molar refractivity (Wildman–Crippen MR) is 146 cm³/mol. The number of likely N-dealkylation sites (tertiary alicyclic amines) is 1. The number of carbonyl (C=O) groups excluding carboxylic acids is 1. The smallest absolute Gasteiger partial charge is 0.270 e. The van der Waals surface area contributed by atoms with Crippen molar-refractivity contribution < 1.29 is 9.53 Å². The fourth-order valence-electron chi connectivity index (χ4n) is 6.17. The number of aromatic amines is 1. The first-order valence-corrected chi connectivity index (χ1v) is 13.4. The number of carbonyl (C=O) groups is 1. The van der Waals surface area contributed by atoms with Crippen molar-refractivity contribution in [3.63, 3.8) is 0 Å². The minimum Gasteiger partial charge on any atom is -0.383 e. The molecule has 0 unspecified atom stereocenters. The van der Waals surface area contributed by atoms with E-state index in [4.69, 9.17) is 4.74 Å². The van der Waals surface area contributed by atoms with Gasteiger partial charge in [-0.25, -0.2) is 0 Å². The lowest BCUT2D eigenvalue weighted by Crippen LogP contribution is -2.49. The van der Waals surface area contributed by atoms with Crippen LogP contribution in [0.5, 0.6) is 0 Å². The van der Waals surface area contributed by atoms with Crippen LogP contribution in [0.15, 0.2) is 42.5 Å². The van der Waals surface area contributed by atoms with Gasteiger partial charge < -0.3 is 14.6 Å². The quantitative estimate of drug-likeness (QED) is 0.529. The highest BCUT2D eigenvalue weighted by atomic mass is 16.5. The number of benzene rings is 2. The second-order valence-electron chi connectivity index (χ2n) is 10.5. The molecule has 3 heterocycles. The maximum absolute atomic E-state index is 13.7. The molecule has 0 spiro atoms. The summed E-state index contributed by atoms with van der Waals surface area (Å²) in [4.78, 5) is 24.1. The number of nitrogens with one attached hydrogen (secondary N) is 1. The monoisotopic (exact) mass is 488 g/mol. The zero-order chi connectivity index (χ0) is 25.1. The van der Waals surface area contributed by atoms with Crippen LogP contribution in [0, 0.1) is 13.8 Å². The number of hydrogen-bond donors (Lipinski definition) is 1. The van der Waals surface area contributed by atoms with E-state index in [0.29, 0.717) is 5.92 Å². The molecule has 0 aliphatic carbocycles. The van der Waals surface area contributed by atoms with Crippen molar-refractivity contribution in [1.82, 2.24) is 19.7 Å². The zero-order valence-electron chi connectivity index (χ0n) is 22.1. The van der Waals surface area contributed by atoms with Crippen molar-refractivity contribution in [3.05, 3.63) is 70.4 Å². The van der Waals surface area contributed by atoms with Crippen LogP contribution in [-0.2, 0) is 11.3 Å². The van der Waals surface area contributed by atoms with Crippen molar-refractivity contribution in [2.45, 2.75) is 39.2 Å². The first-order chi connectivity index (χ1) is 17.5. The number of para-hydroxylation sites is 1. The number of ether oxygens (including phenoxy) is 1. The Morgan fingerprint density at radius 3 is 2.31 bits per heavy atom. The molecule has 1 N–H and O–H groups in total. The fraction of sp³-hybridized carbons (Fsp3) is 0.500. The summed E-state index contributed by atoms with van der Waals surface area (Å²) in [6.07, 6.45) is 2.33. The van der Waals surface area contributed by atoms with Crippen LogP contribution in [0.3, 0.4) is 0 Å². The molecule has 5 rings (SSSR count). The van der Waals surface area contributed by atoms with Crippen LogP contribution in [0.25, 0.3) is 10.9 Å². The Bertz CT molecular complexity index is 1170. The van der Waals surface area contributed by atoms with Gasteiger partial charge in [-0.1, -0.05) is 36.4 Å². The predicted octanol–water partition coefficient (Wildman–Crippen LogP) is 4.57. The molecule has 1 amide bonds. The molecule has 2 fully saturated rings. The van der Waals surface area contributed by atoms with E-state index in [0.717, 1.165) is 75.7 Å². The van der Waals surface area contributed by atoms with E-state index in [1.54, 1.807) is 12.7 Å². The summed E-state index contributed by atoms with van der Waals surface area (Å²) in [6.45, 7) is 12.4. The molecule has 6 heteroatoms. The molecule has 0 radical (unpaired) electrons. The van der Waals surface area contributed by atoms with Crippen LogP contribution in [0.4, 0.5) is 0 Å². The molecule has 3 aromatic rings. The number of amides is 1. The molecule has 6 nitrogen and oxygen atoms in total. The van der Waals surface area contributed by atoms with Gasteiger partial charge in [-0.15, -0.1) is 0 Å². The van der Waals surface area contributed by atoms with Gasteiger partial charge in [0.05, 0.1) is 6.61 Å². The summed E-state index contributed by atoms with van der Waals surface area (Å²) in [7, 11) is 1.74. The van der Waals surface area contributed by atoms with E-state index in [2.05, 4.69) is 65.0 Å². The largest absolute Gasteiger partial charge is 0.383 e. The molecule has 2 aliphatic rings. The molecular formula is C30H40N4O2. The van der Waals surface area contributed by atoms with Gasteiger partial charge in [-0.3, -0.25) is 14.6 Å².